The summed E-state index contributed by atoms with van der Waals surface area (Å²) >= 11 is 0. The Balaban J connectivity index is 1.41. The van der Waals surface area contributed by atoms with Crippen LogP contribution in [0, 0.1) is 29.6 Å². The number of carbonyl (C=O) groups excluding carboxylic acids is 2. The maximum atomic E-state index is 13.3. The van der Waals surface area contributed by atoms with E-state index in [0.29, 0.717) is 35.7 Å². The average Bonchev–Trinajstić information content (AvgIpc) is 2.72. The first-order valence-electron chi connectivity index (χ1n) is 11.7. The average molecular weight is 406 g/mol. The molecule has 4 N–H and O–H groups in total. The Morgan fingerprint density at radius 3 is 2.72 bits per heavy atom. The van der Waals surface area contributed by atoms with E-state index in [0.717, 1.165) is 58.0 Å². The highest BCUT2D eigenvalue weighted by Gasteiger charge is 2.47. The molecule has 0 radical (unpaired) electrons. The predicted octanol–water partition coefficient (Wildman–Crippen LogP) is 1.21. The van der Waals surface area contributed by atoms with Crippen LogP contribution < -0.4 is 21.5 Å². The summed E-state index contributed by atoms with van der Waals surface area (Å²) in [5.74, 6) is 1.92. The maximum Gasteiger partial charge on any atom is 0.225 e. The topological polar surface area (TPSA) is 85.5 Å². The van der Waals surface area contributed by atoms with Crippen LogP contribution in [-0.4, -0.2) is 55.1 Å². The molecule has 1 aliphatic carbocycles. The molecule has 4 fully saturated rings. The zero-order valence-electron chi connectivity index (χ0n) is 18.2. The van der Waals surface area contributed by atoms with Gasteiger partial charge in [-0.15, -0.1) is 0 Å². The second-order valence-electron chi connectivity index (χ2n) is 10.1. The Morgan fingerprint density at radius 1 is 1.14 bits per heavy atom. The molecule has 0 aromatic rings. The minimum Gasteiger partial charge on any atom is -0.342 e. The zero-order chi connectivity index (χ0) is 20.5. The van der Waals surface area contributed by atoms with Crippen molar-refractivity contribution in [3.8, 4) is 0 Å². The van der Waals surface area contributed by atoms with E-state index in [1.165, 1.54) is 0 Å². The summed E-state index contributed by atoms with van der Waals surface area (Å²) in [6.07, 6.45) is 6.90. The van der Waals surface area contributed by atoms with E-state index in [4.69, 9.17) is 0 Å². The molecular formula is C22H39N5O2. The predicted molar refractivity (Wildman–Crippen MR) is 113 cm³/mol. The molecule has 7 heteroatoms. The summed E-state index contributed by atoms with van der Waals surface area (Å²) < 4.78 is 0. The first-order chi connectivity index (χ1) is 13.9. The fourth-order valence-electron chi connectivity index (χ4n) is 6.27. The van der Waals surface area contributed by atoms with Gasteiger partial charge in [-0.2, -0.15) is 0 Å². The molecule has 4 rings (SSSR count). The van der Waals surface area contributed by atoms with Crippen LogP contribution in [0.3, 0.4) is 0 Å². The van der Waals surface area contributed by atoms with Crippen molar-refractivity contribution in [1.29, 1.82) is 0 Å². The Bertz CT molecular complexity index is 608. The Kier molecular flexibility index (Phi) is 6.47. The number of hydrogen-bond donors (Lipinski definition) is 4. The molecule has 0 aromatic heterocycles. The number of amides is 2. The lowest BCUT2D eigenvalue weighted by atomic mass is 9.64. The first kappa shape index (κ1) is 21.1. The van der Waals surface area contributed by atoms with Crippen molar-refractivity contribution in [3.63, 3.8) is 0 Å². The summed E-state index contributed by atoms with van der Waals surface area (Å²) in [7, 11) is 2.00. The summed E-state index contributed by atoms with van der Waals surface area (Å²) in [5.41, 5.74) is 6.30. The zero-order valence-corrected chi connectivity index (χ0v) is 18.2. The summed E-state index contributed by atoms with van der Waals surface area (Å²) in [6, 6.07) is 0.852. The minimum atomic E-state index is 0.0209. The van der Waals surface area contributed by atoms with Gasteiger partial charge in [-0.25, -0.2) is 5.43 Å². The van der Waals surface area contributed by atoms with E-state index in [1.807, 2.05) is 11.9 Å². The first-order valence-corrected chi connectivity index (χ1v) is 11.7. The highest BCUT2D eigenvalue weighted by Crippen LogP contribution is 2.44. The van der Waals surface area contributed by atoms with Gasteiger partial charge in [0, 0.05) is 44.1 Å². The number of hydrazine groups is 1. The molecule has 7 nitrogen and oxygen atoms in total. The molecule has 3 heterocycles. The van der Waals surface area contributed by atoms with Crippen LogP contribution in [0.5, 0.6) is 0 Å². The van der Waals surface area contributed by atoms with Crippen LogP contribution in [0.1, 0.15) is 58.8 Å². The normalized spacial score (nSPS) is 43.6. The number of piperidine rings is 2. The number of hydrogen-bond acceptors (Lipinski definition) is 5. The van der Waals surface area contributed by atoms with Crippen molar-refractivity contribution < 1.29 is 9.59 Å². The smallest absolute Gasteiger partial charge is 0.225 e. The minimum absolute atomic E-state index is 0.0209. The second-order valence-corrected chi connectivity index (χ2v) is 10.1. The molecular weight excluding hydrogens is 366 g/mol. The molecule has 3 saturated heterocycles. The molecule has 1 saturated carbocycles. The van der Waals surface area contributed by atoms with Gasteiger partial charge < -0.3 is 15.5 Å². The van der Waals surface area contributed by atoms with E-state index in [1.54, 1.807) is 0 Å². The van der Waals surface area contributed by atoms with Gasteiger partial charge in [0.1, 0.15) is 0 Å². The van der Waals surface area contributed by atoms with Crippen molar-refractivity contribution in [2.45, 2.75) is 77.0 Å². The van der Waals surface area contributed by atoms with E-state index in [9.17, 15) is 9.59 Å². The molecule has 4 aliphatic rings. The number of fused-ring (bicyclic) bond motifs is 1. The van der Waals surface area contributed by atoms with Gasteiger partial charge in [-0.3, -0.25) is 15.0 Å². The number of rotatable bonds is 3. The Morgan fingerprint density at radius 2 is 1.97 bits per heavy atom. The van der Waals surface area contributed by atoms with Crippen LogP contribution in [0.25, 0.3) is 0 Å². The third kappa shape index (κ3) is 4.47. The van der Waals surface area contributed by atoms with Gasteiger partial charge in [0.25, 0.3) is 0 Å². The third-order valence-electron chi connectivity index (χ3n) is 8.12. The van der Waals surface area contributed by atoms with Crippen molar-refractivity contribution in [1.82, 2.24) is 26.4 Å². The number of nitrogens with zero attached hydrogens (tertiary/aromatic N) is 1. The van der Waals surface area contributed by atoms with Gasteiger partial charge in [-0.1, -0.05) is 6.92 Å². The van der Waals surface area contributed by atoms with Gasteiger partial charge in [0.2, 0.25) is 11.8 Å². The fourth-order valence-corrected chi connectivity index (χ4v) is 6.27. The maximum absolute atomic E-state index is 13.3. The van der Waals surface area contributed by atoms with Crippen LogP contribution in [-0.2, 0) is 9.59 Å². The fraction of sp³-hybridized carbons (Fsp3) is 0.909. The number of carbonyl (C=O) groups is 2. The van der Waals surface area contributed by atoms with E-state index in [2.05, 4.69) is 35.3 Å². The molecule has 8 atom stereocenters. The van der Waals surface area contributed by atoms with Gasteiger partial charge >= 0.3 is 0 Å². The quantitative estimate of drug-likeness (QED) is 0.567. The van der Waals surface area contributed by atoms with Crippen LogP contribution >= 0.6 is 0 Å². The molecule has 29 heavy (non-hydrogen) atoms. The van der Waals surface area contributed by atoms with E-state index < -0.39 is 0 Å². The van der Waals surface area contributed by atoms with Gasteiger partial charge in [0.15, 0.2) is 0 Å². The summed E-state index contributed by atoms with van der Waals surface area (Å²) in [4.78, 5) is 28.3. The summed E-state index contributed by atoms with van der Waals surface area (Å²) in [6.45, 7) is 6.45. The van der Waals surface area contributed by atoms with Gasteiger partial charge in [-0.05, 0) is 69.6 Å². The van der Waals surface area contributed by atoms with E-state index in [-0.39, 0.29) is 23.9 Å². The van der Waals surface area contributed by atoms with E-state index >= 15 is 0 Å². The highest BCUT2D eigenvalue weighted by molar-refractivity contribution is 5.81. The SMILES string of the molecule is CC1CC2C(CN1)CC(C1CC(C(=O)NC3CCCNN3)CCC1C)C(=O)N2C. The van der Waals surface area contributed by atoms with Crippen LogP contribution in [0.4, 0.5) is 0 Å². The molecule has 0 bridgehead atoms. The molecule has 2 amide bonds. The second kappa shape index (κ2) is 8.90. The number of likely N-dealkylation sites (tertiary alicyclic amines) is 1. The molecule has 8 unspecified atom stereocenters. The third-order valence-corrected chi connectivity index (χ3v) is 8.12. The van der Waals surface area contributed by atoms with Crippen molar-refractivity contribution in [2.75, 3.05) is 20.1 Å². The Labute approximate surface area is 175 Å². The molecule has 3 aliphatic heterocycles. The van der Waals surface area contributed by atoms with Crippen LogP contribution in [0.15, 0.2) is 0 Å². The van der Waals surface area contributed by atoms with Crippen molar-refractivity contribution in [2.24, 2.45) is 29.6 Å². The lowest BCUT2D eigenvalue weighted by molar-refractivity contribution is -0.149. The van der Waals surface area contributed by atoms with Crippen molar-refractivity contribution in [3.05, 3.63) is 0 Å². The molecule has 0 spiro atoms. The largest absolute Gasteiger partial charge is 0.342 e. The standard InChI is InChI=1S/C22H39N5O2/c1-13-6-7-15(21(28)25-20-5-4-8-24-26-20)10-17(13)18-11-16-12-23-14(2)9-19(16)27(3)22(18)29/h13-20,23-24,26H,4-12H2,1-3H3,(H,25,28). The number of nitrogens with one attached hydrogen (secondary N) is 4. The van der Waals surface area contributed by atoms with Crippen molar-refractivity contribution >= 4 is 11.8 Å². The van der Waals surface area contributed by atoms with Gasteiger partial charge in [0.05, 0.1) is 6.17 Å². The highest BCUT2D eigenvalue weighted by atomic mass is 16.2. The molecule has 164 valence electrons. The lowest BCUT2D eigenvalue weighted by Crippen LogP contribution is -2.60. The Hall–Kier alpha value is -1.18. The summed E-state index contributed by atoms with van der Waals surface area (Å²) in [5, 5.41) is 6.79. The monoisotopic (exact) mass is 405 g/mol. The molecule has 0 aromatic carbocycles. The lowest BCUT2D eigenvalue weighted by Gasteiger charge is -2.50. The van der Waals surface area contributed by atoms with Crippen LogP contribution in [0.2, 0.25) is 0 Å².